The van der Waals surface area contributed by atoms with Crippen LogP contribution in [0.1, 0.15) is 11.3 Å². The number of aryl methyl sites for hydroxylation is 1. The number of halogens is 4. The van der Waals surface area contributed by atoms with E-state index in [9.17, 15) is 18.0 Å². The van der Waals surface area contributed by atoms with E-state index >= 15 is 0 Å². The van der Waals surface area contributed by atoms with Gasteiger partial charge < -0.3 is 9.15 Å². The normalized spacial score (nSPS) is 11.4. The lowest BCUT2D eigenvalue weighted by Gasteiger charge is -2.10. The van der Waals surface area contributed by atoms with Crippen LogP contribution in [0.3, 0.4) is 0 Å². The van der Waals surface area contributed by atoms with Crippen molar-refractivity contribution < 1.29 is 22.3 Å². The highest BCUT2D eigenvalue weighted by Crippen LogP contribution is 2.34. The third-order valence-corrected chi connectivity index (χ3v) is 2.61. The number of aromatic nitrogens is 1. The average Bonchev–Trinajstić information content (AvgIpc) is 2.34. The molecule has 8 heteroatoms. The molecule has 0 N–H and O–H groups in total. The third kappa shape index (κ3) is 2.93. The molecule has 2 aromatic heterocycles. The first-order valence-corrected chi connectivity index (χ1v) is 5.66. The summed E-state index contributed by atoms with van der Waals surface area (Å²) < 4.78 is 47.4. The Morgan fingerprint density at radius 3 is 2.65 bits per heavy atom. The smallest absolute Gasteiger partial charge is 0.417 e. The molecule has 4 nitrogen and oxygen atoms in total. The van der Waals surface area contributed by atoms with Gasteiger partial charge in [-0.05, 0) is 13.0 Å². The second-order valence-corrected chi connectivity index (χ2v) is 4.19. The Labute approximate surface area is 115 Å². The summed E-state index contributed by atoms with van der Waals surface area (Å²) in [6, 6.07) is 1.78. The largest absolute Gasteiger partial charge is 0.465 e. The molecular weight excluding hydrogens is 299 g/mol. The molecule has 20 heavy (non-hydrogen) atoms. The summed E-state index contributed by atoms with van der Waals surface area (Å²) in [6.07, 6.45) is -2.82. The van der Waals surface area contributed by atoms with Gasteiger partial charge in [0.25, 0.3) is 0 Å². The fourth-order valence-corrected chi connectivity index (χ4v) is 1.58. The van der Waals surface area contributed by atoms with Gasteiger partial charge in [-0.3, -0.25) is 4.79 Å². The van der Waals surface area contributed by atoms with Crippen LogP contribution in [0.15, 0.2) is 33.8 Å². The number of hydrogen-bond acceptors (Lipinski definition) is 4. The maximum absolute atomic E-state index is 12.5. The Morgan fingerprint density at radius 2 is 2.10 bits per heavy atom. The monoisotopic (exact) mass is 305 g/mol. The Morgan fingerprint density at radius 1 is 1.40 bits per heavy atom. The van der Waals surface area contributed by atoms with Crippen LogP contribution in [-0.4, -0.2) is 4.98 Å². The van der Waals surface area contributed by atoms with E-state index in [1.54, 1.807) is 0 Å². The lowest BCUT2D eigenvalue weighted by molar-refractivity contribution is -0.137. The van der Waals surface area contributed by atoms with E-state index in [2.05, 4.69) is 4.98 Å². The van der Waals surface area contributed by atoms with Gasteiger partial charge in [0.1, 0.15) is 10.8 Å². The molecule has 0 aromatic carbocycles. The quantitative estimate of drug-likeness (QED) is 0.846. The molecule has 0 saturated heterocycles. The first-order chi connectivity index (χ1) is 9.29. The molecule has 0 aliphatic heterocycles. The molecule has 2 heterocycles. The van der Waals surface area contributed by atoms with Gasteiger partial charge in [0.15, 0.2) is 0 Å². The Balaban J connectivity index is 2.38. The molecule has 0 spiro atoms. The summed E-state index contributed by atoms with van der Waals surface area (Å²) in [6.45, 7) is 1.47. The van der Waals surface area contributed by atoms with E-state index in [0.29, 0.717) is 12.3 Å². The van der Waals surface area contributed by atoms with Crippen molar-refractivity contribution in [2.45, 2.75) is 13.1 Å². The SMILES string of the molecule is Cc1occc(=O)c1Oc1ncc(C(F)(F)F)cc1Cl. The summed E-state index contributed by atoms with van der Waals surface area (Å²) in [5.74, 6) is -0.321. The van der Waals surface area contributed by atoms with Gasteiger partial charge in [0.2, 0.25) is 17.1 Å². The van der Waals surface area contributed by atoms with Gasteiger partial charge in [-0.25, -0.2) is 4.98 Å². The molecule has 0 bridgehead atoms. The molecule has 0 radical (unpaired) electrons. The van der Waals surface area contributed by atoms with Crippen molar-refractivity contribution in [3.8, 4) is 11.6 Å². The third-order valence-electron chi connectivity index (χ3n) is 2.34. The van der Waals surface area contributed by atoms with Crippen LogP contribution >= 0.6 is 11.6 Å². The maximum Gasteiger partial charge on any atom is 0.417 e. The second kappa shape index (κ2) is 5.16. The Hall–Kier alpha value is -2.02. The molecule has 0 fully saturated rings. The van der Waals surface area contributed by atoms with Gasteiger partial charge in [-0.1, -0.05) is 11.6 Å². The highest BCUT2D eigenvalue weighted by Gasteiger charge is 2.32. The molecule has 0 aliphatic rings. The molecule has 0 amide bonds. The summed E-state index contributed by atoms with van der Waals surface area (Å²) >= 11 is 5.67. The predicted molar refractivity (Wildman–Crippen MR) is 64.0 cm³/mol. The fourth-order valence-electron chi connectivity index (χ4n) is 1.37. The van der Waals surface area contributed by atoms with Crippen molar-refractivity contribution in [2.24, 2.45) is 0 Å². The molecule has 0 aliphatic carbocycles. The molecular formula is C12H7ClF3NO3. The number of alkyl halides is 3. The zero-order valence-electron chi connectivity index (χ0n) is 9.99. The summed E-state index contributed by atoms with van der Waals surface area (Å²) in [4.78, 5) is 15.0. The van der Waals surface area contributed by atoms with E-state index in [4.69, 9.17) is 20.8 Å². The predicted octanol–water partition coefficient (Wildman–Crippen LogP) is 3.81. The van der Waals surface area contributed by atoms with E-state index < -0.39 is 17.2 Å². The average molecular weight is 306 g/mol. The van der Waals surface area contributed by atoms with Gasteiger partial charge in [-0.2, -0.15) is 13.2 Å². The van der Waals surface area contributed by atoms with Crippen molar-refractivity contribution >= 4 is 11.6 Å². The minimum Gasteiger partial charge on any atom is -0.465 e. The molecule has 106 valence electrons. The van der Waals surface area contributed by atoms with Crippen molar-refractivity contribution in [2.75, 3.05) is 0 Å². The van der Waals surface area contributed by atoms with Crippen molar-refractivity contribution in [1.82, 2.24) is 4.98 Å². The zero-order valence-corrected chi connectivity index (χ0v) is 10.7. The lowest BCUT2D eigenvalue weighted by atomic mass is 10.3. The first-order valence-electron chi connectivity index (χ1n) is 5.28. The van der Waals surface area contributed by atoms with Crippen LogP contribution in [0, 0.1) is 6.92 Å². The number of hydrogen-bond donors (Lipinski definition) is 0. The maximum atomic E-state index is 12.5. The summed E-state index contributed by atoms with van der Waals surface area (Å²) in [5.41, 5.74) is -1.50. The van der Waals surface area contributed by atoms with Gasteiger partial charge in [0, 0.05) is 12.3 Å². The number of ether oxygens (including phenoxy) is 1. The van der Waals surface area contributed by atoms with Gasteiger partial charge in [0.05, 0.1) is 11.8 Å². The van der Waals surface area contributed by atoms with Crippen LogP contribution in [0.5, 0.6) is 11.6 Å². The molecule has 0 atom stereocenters. The van der Waals surface area contributed by atoms with Crippen LogP contribution in [0.25, 0.3) is 0 Å². The molecule has 0 saturated carbocycles. The van der Waals surface area contributed by atoms with Gasteiger partial charge >= 0.3 is 6.18 Å². The molecule has 0 unspecified atom stereocenters. The molecule has 2 rings (SSSR count). The van der Waals surface area contributed by atoms with Crippen molar-refractivity contribution in [1.29, 1.82) is 0 Å². The minimum atomic E-state index is -4.56. The standard InChI is InChI=1S/C12H7ClF3NO3/c1-6-10(9(18)2-3-19-6)20-11-8(13)4-7(5-17-11)12(14,15)16/h2-5H,1H3. The minimum absolute atomic E-state index is 0.162. The highest BCUT2D eigenvalue weighted by molar-refractivity contribution is 6.31. The van der Waals surface area contributed by atoms with Crippen LogP contribution in [0.4, 0.5) is 13.2 Å². The highest BCUT2D eigenvalue weighted by atomic mass is 35.5. The second-order valence-electron chi connectivity index (χ2n) is 3.78. The van der Waals surface area contributed by atoms with E-state index in [1.807, 2.05) is 0 Å². The molecule has 2 aromatic rings. The van der Waals surface area contributed by atoms with Crippen molar-refractivity contribution in [3.05, 3.63) is 51.2 Å². The van der Waals surface area contributed by atoms with Crippen molar-refractivity contribution in [3.63, 3.8) is 0 Å². The van der Waals surface area contributed by atoms with Crippen LogP contribution in [-0.2, 0) is 6.18 Å². The van der Waals surface area contributed by atoms with Crippen LogP contribution in [0.2, 0.25) is 5.02 Å². The Kier molecular flexibility index (Phi) is 3.71. The van der Waals surface area contributed by atoms with E-state index in [1.165, 1.54) is 13.2 Å². The van der Waals surface area contributed by atoms with E-state index in [0.717, 1.165) is 6.07 Å². The fraction of sp³-hybridized carbons (Fsp3) is 0.167. The topological polar surface area (TPSA) is 52.3 Å². The van der Waals surface area contributed by atoms with E-state index in [-0.39, 0.29) is 22.4 Å². The Bertz CT molecular complexity index is 697. The number of rotatable bonds is 2. The summed E-state index contributed by atoms with van der Waals surface area (Å²) in [7, 11) is 0. The lowest BCUT2D eigenvalue weighted by Crippen LogP contribution is -2.08. The first kappa shape index (κ1) is 14.4. The zero-order chi connectivity index (χ0) is 14.9. The number of pyridine rings is 1. The van der Waals surface area contributed by atoms with Gasteiger partial charge in [-0.15, -0.1) is 0 Å². The summed E-state index contributed by atoms with van der Waals surface area (Å²) in [5, 5.41) is -0.359. The number of nitrogens with zero attached hydrogens (tertiary/aromatic N) is 1. The van der Waals surface area contributed by atoms with Crippen LogP contribution < -0.4 is 10.2 Å².